The summed E-state index contributed by atoms with van der Waals surface area (Å²) < 4.78 is 22.3. The lowest BCUT2D eigenvalue weighted by molar-refractivity contribution is -0.0406. The first-order chi connectivity index (χ1) is 13.1. The first kappa shape index (κ1) is 19.3. The second-order valence-electron chi connectivity index (χ2n) is 6.06. The van der Waals surface area contributed by atoms with Crippen molar-refractivity contribution >= 4 is 17.5 Å². The molecule has 1 amide bonds. The van der Waals surface area contributed by atoms with Gasteiger partial charge in [0, 0.05) is 17.1 Å². The number of rotatable bonds is 6. The molecule has 6 nitrogen and oxygen atoms in total. The summed E-state index contributed by atoms with van der Waals surface area (Å²) in [6.07, 6.45) is -0.253. The molecule has 144 valence electrons. The minimum atomic E-state index is -0.253. The highest BCUT2D eigenvalue weighted by Crippen LogP contribution is 2.36. The quantitative estimate of drug-likeness (QED) is 0.756. The maximum Gasteiger partial charge on any atom is 0.254 e. The molecule has 1 atom stereocenters. The molecule has 2 aromatic carbocycles. The lowest BCUT2D eigenvalue weighted by Crippen LogP contribution is -2.47. The predicted molar refractivity (Wildman–Crippen MR) is 102 cm³/mol. The van der Waals surface area contributed by atoms with Crippen molar-refractivity contribution in [3.8, 4) is 17.2 Å². The van der Waals surface area contributed by atoms with Gasteiger partial charge in [-0.15, -0.1) is 0 Å². The van der Waals surface area contributed by atoms with Gasteiger partial charge in [-0.05, 0) is 30.3 Å². The summed E-state index contributed by atoms with van der Waals surface area (Å²) in [7, 11) is 3.15. The van der Waals surface area contributed by atoms with E-state index >= 15 is 0 Å². The third kappa shape index (κ3) is 4.64. The molecule has 1 aliphatic rings. The lowest BCUT2D eigenvalue weighted by atomic mass is 10.1. The van der Waals surface area contributed by atoms with Gasteiger partial charge in [-0.2, -0.15) is 0 Å². The largest absolute Gasteiger partial charge is 0.493 e. The van der Waals surface area contributed by atoms with Crippen LogP contribution in [0.2, 0.25) is 5.02 Å². The number of carbonyl (C=O) groups excluding carboxylic acids is 1. The maximum atomic E-state index is 12.7. The van der Waals surface area contributed by atoms with Gasteiger partial charge in [-0.3, -0.25) is 4.79 Å². The number of hydrogen-bond acceptors (Lipinski definition) is 5. The van der Waals surface area contributed by atoms with Crippen LogP contribution in [0.5, 0.6) is 17.2 Å². The normalized spacial score (nSPS) is 16.7. The van der Waals surface area contributed by atoms with Gasteiger partial charge in [-0.25, -0.2) is 0 Å². The molecule has 0 bridgehead atoms. The van der Waals surface area contributed by atoms with Gasteiger partial charge in [0.2, 0.25) is 5.75 Å². The zero-order chi connectivity index (χ0) is 19.2. The van der Waals surface area contributed by atoms with E-state index in [9.17, 15) is 4.79 Å². The van der Waals surface area contributed by atoms with Crippen LogP contribution in [0.4, 0.5) is 0 Å². The summed E-state index contributed by atoms with van der Waals surface area (Å²) in [5, 5.41) is 0.539. The average molecular weight is 392 g/mol. The fourth-order valence-corrected chi connectivity index (χ4v) is 3.13. The van der Waals surface area contributed by atoms with Crippen molar-refractivity contribution in [2.45, 2.75) is 6.10 Å². The molecule has 0 aromatic heterocycles. The Morgan fingerprint density at radius 3 is 2.56 bits per heavy atom. The number of methoxy groups -OCH3 is 2. The van der Waals surface area contributed by atoms with Crippen molar-refractivity contribution in [1.82, 2.24) is 4.90 Å². The summed E-state index contributed by atoms with van der Waals surface area (Å²) in [5.74, 6) is 1.61. The van der Waals surface area contributed by atoms with Crippen molar-refractivity contribution < 1.29 is 23.7 Å². The van der Waals surface area contributed by atoms with E-state index in [1.165, 1.54) is 0 Å². The summed E-state index contributed by atoms with van der Waals surface area (Å²) in [5.41, 5.74) is 0.565. The number of morpholine rings is 1. The van der Waals surface area contributed by atoms with E-state index < -0.39 is 0 Å². The first-order valence-electron chi connectivity index (χ1n) is 8.62. The minimum absolute atomic E-state index is 0.0688. The molecule has 1 aliphatic heterocycles. The lowest BCUT2D eigenvalue weighted by Gasteiger charge is -2.33. The van der Waals surface area contributed by atoms with Gasteiger partial charge >= 0.3 is 0 Å². The molecule has 27 heavy (non-hydrogen) atoms. The number of nitrogens with zero attached hydrogens (tertiary/aromatic N) is 1. The van der Waals surface area contributed by atoms with Crippen molar-refractivity contribution in [2.24, 2.45) is 0 Å². The molecule has 1 unspecified atom stereocenters. The van der Waals surface area contributed by atoms with Crippen LogP contribution < -0.4 is 14.2 Å². The molecular weight excluding hydrogens is 370 g/mol. The van der Waals surface area contributed by atoms with Gasteiger partial charge in [0.1, 0.15) is 12.7 Å². The third-order valence-corrected chi connectivity index (χ3v) is 4.53. The van der Waals surface area contributed by atoms with E-state index in [1.807, 2.05) is 6.07 Å². The molecule has 7 heteroatoms. The third-order valence-electron chi connectivity index (χ3n) is 4.29. The van der Waals surface area contributed by atoms with Crippen molar-refractivity contribution in [2.75, 3.05) is 40.5 Å². The van der Waals surface area contributed by atoms with E-state index in [0.717, 1.165) is 0 Å². The molecule has 1 heterocycles. The first-order valence-corrected chi connectivity index (χ1v) is 9.00. The molecule has 0 saturated carbocycles. The number of ether oxygens (including phenoxy) is 4. The van der Waals surface area contributed by atoms with Crippen LogP contribution in [0, 0.1) is 0 Å². The number of para-hydroxylation sites is 1. The number of carbonyl (C=O) groups is 1. The Hall–Kier alpha value is -2.44. The highest BCUT2D eigenvalue weighted by Gasteiger charge is 2.26. The van der Waals surface area contributed by atoms with E-state index in [4.69, 9.17) is 30.5 Å². The van der Waals surface area contributed by atoms with Gasteiger partial charge < -0.3 is 23.8 Å². The molecule has 1 fully saturated rings. The Morgan fingerprint density at radius 2 is 1.89 bits per heavy atom. The van der Waals surface area contributed by atoms with Gasteiger partial charge in [0.05, 0.1) is 27.4 Å². The van der Waals surface area contributed by atoms with Crippen LogP contribution in [0.3, 0.4) is 0 Å². The van der Waals surface area contributed by atoms with Crippen LogP contribution in [0.25, 0.3) is 0 Å². The fourth-order valence-electron chi connectivity index (χ4n) is 2.94. The predicted octanol–water partition coefficient (Wildman–Crippen LogP) is 3.28. The maximum absolute atomic E-state index is 12.7. The van der Waals surface area contributed by atoms with Crippen LogP contribution in [-0.4, -0.2) is 57.4 Å². The standard InChI is InChI=1S/C20H22ClNO5/c1-24-17-7-4-8-18(25-2)19(17)27-13-16-12-22(9-10-26-16)20(23)14-5-3-6-15(21)11-14/h3-8,11,16H,9-10,12-13H2,1-2H3. The summed E-state index contributed by atoms with van der Waals surface area (Å²) in [6, 6.07) is 12.4. The van der Waals surface area contributed by atoms with Crippen LogP contribution >= 0.6 is 11.6 Å². The highest BCUT2D eigenvalue weighted by atomic mass is 35.5. The number of amides is 1. The molecule has 0 aliphatic carbocycles. The fraction of sp³-hybridized carbons (Fsp3) is 0.350. The summed E-state index contributed by atoms with van der Waals surface area (Å²) >= 11 is 5.99. The molecular formula is C20H22ClNO5. The highest BCUT2D eigenvalue weighted by molar-refractivity contribution is 6.30. The molecule has 0 radical (unpaired) electrons. The Bertz CT molecular complexity index is 775. The smallest absolute Gasteiger partial charge is 0.254 e. The zero-order valence-electron chi connectivity index (χ0n) is 15.3. The van der Waals surface area contributed by atoms with Gasteiger partial charge in [0.15, 0.2) is 11.5 Å². The average Bonchev–Trinajstić information content (AvgIpc) is 2.71. The second kappa shape index (κ2) is 8.97. The van der Waals surface area contributed by atoms with Crippen LogP contribution in [0.15, 0.2) is 42.5 Å². The van der Waals surface area contributed by atoms with Crippen molar-refractivity contribution in [3.63, 3.8) is 0 Å². The zero-order valence-corrected chi connectivity index (χ0v) is 16.1. The Morgan fingerprint density at radius 1 is 1.19 bits per heavy atom. The Labute approximate surface area is 163 Å². The second-order valence-corrected chi connectivity index (χ2v) is 6.49. The Balaban J connectivity index is 1.65. The molecule has 3 rings (SSSR count). The number of halogens is 1. The van der Waals surface area contributed by atoms with Crippen molar-refractivity contribution in [1.29, 1.82) is 0 Å². The monoisotopic (exact) mass is 391 g/mol. The van der Waals surface area contributed by atoms with E-state index in [-0.39, 0.29) is 18.6 Å². The molecule has 1 saturated heterocycles. The van der Waals surface area contributed by atoms with Gasteiger partial charge in [-0.1, -0.05) is 23.7 Å². The Kier molecular flexibility index (Phi) is 6.42. The molecule has 0 spiro atoms. The summed E-state index contributed by atoms with van der Waals surface area (Å²) in [6.45, 7) is 1.68. The van der Waals surface area contributed by atoms with Crippen LogP contribution in [0.1, 0.15) is 10.4 Å². The summed E-state index contributed by atoms with van der Waals surface area (Å²) in [4.78, 5) is 14.5. The van der Waals surface area contributed by atoms with E-state index in [2.05, 4.69) is 0 Å². The molecule has 0 N–H and O–H groups in total. The molecule has 2 aromatic rings. The van der Waals surface area contributed by atoms with Gasteiger partial charge in [0.25, 0.3) is 5.91 Å². The van der Waals surface area contributed by atoms with E-state index in [0.29, 0.717) is 47.5 Å². The SMILES string of the molecule is COc1cccc(OC)c1OCC1CN(C(=O)c2cccc(Cl)c2)CCO1. The topological polar surface area (TPSA) is 57.2 Å². The minimum Gasteiger partial charge on any atom is -0.493 e. The van der Waals surface area contributed by atoms with Crippen LogP contribution in [-0.2, 0) is 4.74 Å². The number of benzene rings is 2. The van der Waals surface area contributed by atoms with Crippen molar-refractivity contribution in [3.05, 3.63) is 53.1 Å². The number of hydrogen-bond donors (Lipinski definition) is 0. The van der Waals surface area contributed by atoms with E-state index in [1.54, 1.807) is 55.5 Å².